The molecule has 6 heteroatoms. The first-order valence-corrected chi connectivity index (χ1v) is 5.23. The predicted octanol–water partition coefficient (Wildman–Crippen LogP) is 2.08. The lowest BCUT2D eigenvalue weighted by atomic mass is 10.1. The number of hydrogen-bond donors (Lipinski definition) is 2. The summed E-state index contributed by atoms with van der Waals surface area (Å²) in [6.45, 7) is 0. The van der Waals surface area contributed by atoms with E-state index in [1.807, 2.05) is 0 Å². The number of carboxylic acid groups (broad SMARTS) is 1. The zero-order valence-corrected chi connectivity index (χ0v) is 10.2. The summed E-state index contributed by atoms with van der Waals surface area (Å²) in [7, 11) is 2.85. The van der Waals surface area contributed by atoms with Gasteiger partial charge in [0, 0.05) is 18.1 Å². The minimum atomic E-state index is -0.967. The van der Waals surface area contributed by atoms with Crippen molar-refractivity contribution >= 4 is 17.6 Å². The van der Waals surface area contributed by atoms with Crippen molar-refractivity contribution in [2.75, 3.05) is 14.2 Å². The maximum atomic E-state index is 10.5. The summed E-state index contributed by atoms with van der Waals surface area (Å²) in [6.07, 6.45) is -0.0192. The van der Waals surface area contributed by atoms with Gasteiger partial charge < -0.3 is 19.7 Å². The molecule has 0 aliphatic rings. The third-order valence-electron chi connectivity index (χ3n) is 2.28. The molecule has 94 valence electrons. The van der Waals surface area contributed by atoms with Gasteiger partial charge in [-0.15, -0.1) is 0 Å². The number of methoxy groups -OCH3 is 2. The van der Waals surface area contributed by atoms with E-state index in [0.717, 1.165) is 0 Å². The Bertz CT molecular complexity index is 430. The van der Waals surface area contributed by atoms with Gasteiger partial charge in [-0.1, -0.05) is 11.6 Å². The fourth-order valence-electron chi connectivity index (χ4n) is 1.49. The van der Waals surface area contributed by atoms with E-state index >= 15 is 0 Å². The summed E-state index contributed by atoms with van der Waals surface area (Å²) >= 11 is 5.81. The van der Waals surface area contributed by atoms with Crippen LogP contribution in [-0.2, 0) is 11.2 Å². The van der Waals surface area contributed by atoms with Crippen LogP contribution in [-0.4, -0.2) is 30.4 Å². The largest absolute Gasteiger partial charge is 0.506 e. The molecule has 0 fully saturated rings. The van der Waals surface area contributed by atoms with Crippen molar-refractivity contribution in [3.63, 3.8) is 0 Å². The molecule has 1 rings (SSSR count). The zero-order chi connectivity index (χ0) is 13.0. The Labute approximate surface area is 104 Å². The van der Waals surface area contributed by atoms with Crippen LogP contribution in [0.15, 0.2) is 6.07 Å². The van der Waals surface area contributed by atoms with E-state index < -0.39 is 5.97 Å². The van der Waals surface area contributed by atoms with E-state index in [2.05, 4.69) is 0 Å². The smallest absolute Gasteiger partial charge is 0.303 e. The van der Waals surface area contributed by atoms with Gasteiger partial charge in [0.2, 0.25) is 0 Å². The van der Waals surface area contributed by atoms with E-state index in [-0.39, 0.29) is 23.6 Å². The molecule has 0 aromatic heterocycles. The number of carboxylic acids is 1. The van der Waals surface area contributed by atoms with Crippen LogP contribution < -0.4 is 9.47 Å². The second-order valence-corrected chi connectivity index (χ2v) is 3.72. The van der Waals surface area contributed by atoms with Crippen molar-refractivity contribution in [2.24, 2.45) is 0 Å². The molecule has 0 atom stereocenters. The summed E-state index contributed by atoms with van der Waals surface area (Å²) in [6, 6.07) is 1.42. The van der Waals surface area contributed by atoms with Crippen molar-refractivity contribution in [2.45, 2.75) is 12.8 Å². The number of aliphatic carboxylic acids is 1. The topological polar surface area (TPSA) is 76.0 Å². The first kappa shape index (κ1) is 13.4. The Morgan fingerprint density at radius 2 is 2.06 bits per heavy atom. The third kappa shape index (κ3) is 2.94. The van der Waals surface area contributed by atoms with Gasteiger partial charge in [0.1, 0.15) is 5.75 Å². The molecule has 0 spiro atoms. The second kappa shape index (κ2) is 5.63. The van der Waals surface area contributed by atoms with Crippen LogP contribution in [0.2, 0.25) is 5.02 Å². The first-order chi connectivity index (χ1) is 8.01. The molecule has 0 amide bonds. The van der Waals surface area contributed by atoms with Crippen LogP contribution in [0.25, 0.3) is 0 Å². The van der Waals surface area contributed by atoms with Gasteiger partial charge in [-0.2, -0.15) is 0 Å². The average molecular weight is 261 g/mol. The van der Waals surface area contributed by atoms with Crippen LogP contribution in [0.1, 0.15) is 12.0 Å². The zero-order valence-electron chi connectivity index (χ0n) is 9.49. The minimum absolute atomic E-state index is 0.100. The monoisotopic (exact) mass is 260 g/mol. The SMILES string of the molecule is COc1cc(Cl)c(O)c(CCC(=O)O)c1OC. The molecule has 0 radical (unpaired) electrons. The lowest BCUT2D eigenvalue weighted by Gasteiger charge is -2.14. The summed E-state index contributed by atoms with van der Waals surface area (Å²) in [5, 5.41) is 18.5. The maximum absolute atomic E-state index is 10.5. The normalized spacial score (nSPS) is 10.1. The summed E-state index contributed by atoms with van der Waals surface area (Å²) < 4.78 is 10.2. The molecule has 1 aromatic carbocycles. The highest BCUT2D eigenvalue weighted by Crippen LogP contribution is 2.42. The fraction of sp³-hybridized carbons (Fsp3) is 0.364. The third-order valence-corrected chi connectivity index (χ3v) is 2.57. The number of aromatic hydroxyl groups is 1. The molecule has 2 N–H and O–H groups in total. The number of benzene rings is 1. The maximum Gasteiger partial charge on any atom is 0.303 e. The van der Waals surface area contributed by atoms with Gasteiger partial charge >= 0.3 is 5.97 Å². The van der Waals surface area contributed by atoms with Crippen molar-refractivity contribution in [3.8, 4) is 17.2 Å². The molecule has 5 nitrogen and oxygen atoms in total. The first-order valence-electron chi connectivity index (χ1n) is 4.85. The van der Waals surface area contributed by atoms with E-state index in [0.29, 0.717) is 17.1 Å². The van der Waals surface area contributed by atoms with Gasteiger partial charge in [0.25, 0.3) is 0 Å². The Morgan fingerprint density at radius 1 is 1.41 bits per heavy atom. The number of halogens is 1. The summed E-state index contributed by atoms with van der Waals surface area (Å²) in [5.74, 6) is -0.484. The molecule has 0 saturated carbocycles. The number of phenols is 1. The molecule has 0 aliphatic heterocycles. The van der Waals surface area contributed by atoms with E-state index in [9.17, 15) is 9.90 Å². The van der Waals surface area contributed by atoms with Crippen molar-refractivity contribution in [1.82, 2.24) is 0 Å². The Morgan fingerprint density at radius 3 is 2.53 bits per heavy atom. The van der Waals surface area contributed by atoms with Crippen molar-refractivity contribution < 1.29 is 24.5 Å². The highest BCUT2D eigenvalue weighted by Gasteiger charge is 2.18. The Kier molecular flexibility index (Phi) is 4.45. The number of carbonyl (C=O) groups is 1. The van der Waals surface area contributed by atoms with E-state index in [1.54, 1.807) is 0 Å². The Balaban J connectivity index is 3.22. The quantitative estimate of drug-likeness (QED) is 0.848. The number of rotatable bonds is 5. The molecule has 0 aliphatic carbocycles. The molecule has 17 heavy (non-hydrogen) atoms. The molecular weight excluding hydrogens is 248 g/mol. The Hall–Kier alpha value is -1.62. The van der Waals surface area contributed by atoms with Crippen molar-refractivity contribution in [1.29, 1.82) is 0 Å². The van der Waals surface area contributed by atoms with Gasteiger partial charge in [-0.05, 0) is 6.42 Å². The van der Waals surface area contributed by atoms with Gasteiger partial charge in [0.05, 0.1) is 19.2 Å². The summed E-state index contributed by atoms with van der Waals surface area (Å²) in [4.78, 5) is 10.5. The summed E-state index contributed by atoms with van der Waals surface area (Å²) in [5.41, 5.74) is 0.333. The van der Waals surface area contributed by atoms with Gasteiger partial charge in [0.15, 0.2) is 11.5 Å². The predicted molar refractivity (Wildman–Crippen MR) is 62.2 cm³/mol. The van der Waals surface area contributed by atoms with Gasteiger partial charge in [-0.3, -0.25) is 4.79 Å². The van der Waals surface area contributed by atoms with Crippen molar-refractivity contribution in [3.05, 3.63) is 16.7 Å². The lowest BCUT2D eigenvalue weighted by Crippen LogP contribution is -2.01. The standard InChI is InChI=1S/C11H13ClO5/c1-16-8-5-7(12)10(15)6(11(8)17-2)3-4-9(13)14/h5,15H,3-4H2,1-2H3,(H,13,14). The van der Waals surface area contributed by atoms with Crippen LogP contribution in [0.3, 0.4) is 0 Å². The number of ether oxygens (including phenoxy) is 2. The molecule has 0 heterocycles. The molecule has 0 unspecified atom stereocenters. The van der Waals surface area contributed by atoms with Crippen LogP contribution >= 0.6 is 11.6 Å². The molecule has 1 aromatic rings. The van der Waals surface area contributed by atoms with Crippen LogP contribution in [0.5, 0.6) is 17.2 Å². The minimum Gasteiger partial charge on any atom is -0.506 e. The number of hydrogen-bond acceptors (Lipinski definition) is 4. The van der Waals surface area contributed by atoms with Crippen LogP contribution in [0, 0.1) is 0 Å². The lowest BCUT2D eigenvalue weighted by molar-refractivity contribution is -0.136. The van der Waals surface area contributed by atoms with Crippen LogP contribution in [0.4, 0.5) is 0 Å². The highest BCUT2D eigenvalue weighted by atomic mass is 35.5. The average Bonchev–Trinajstić information content (AvgIpc) is 2.29. The molecular formula is C11H13ClO5. The fourth-order valence-corrected chi connectivity index (χ4v) is 1.70. The molecule has 0 saturated heterocycles. The second-order valence-electron chi connectivity index (χ2n) is 3.31. The highest BCUT2D eigenvalue weighted by molar-refractivity contribution is 6.32. The van der Waals surface area contributed by atoms with E-state index in [4.69, 9.17) is 26.2 Å². The van der Waals surface area contributed by atoms with Gasteiger partial charge in [-0.25, -0.2) is 0 Å². The molecule has 0 bridgehead atoms. The van der Waals surface area contributed by atoms with E-state index in [1.165, 1.54) is 20.3 Å². The number of phenolic OH excluding ortho intramolecular Hbond substituents is 1.